The summed E-state index contributed by atoms with van der Waals surface area (Å²) < 4.78 is 0. The summed E-state index contributed by atoms with van der Waals surface area (Å²) in [5.41, 5.74) is 1.74. The standard InChI is InChI=1S/C11H15NO2/c1-8-3-5-10(6-4-8)11(14)12-7-9(2)13/h3-6,9,13H,7H2,1-2H3,(H,12,14). The Balaban J connectivity index is 2.57. The van der Waals surface area contributed by atoms with Crippen molar-refractivity contribution in [3.05, 3.63) is 35.4 Å². The molecule has 0 spiro atoms. The molecule has 3 nitrogen and oxygen atoms in total. The number of aliphatic hydroxyl groups excluding tert-OH is 1. The van der Waals surface area contributed by atoms with Gasteiger partial charge >= 0.3 is 0 Å². The van der Waals surface area contributed by atoms with Crippen molar-refractivity contribution in [2.75, 3.05) is 6.54 Å². The quantitative estimate of drug-likeness (QED) is 0.755. The van der Waals surface area contributed by atoms with E-state index in [2.05, 4.69) is 5.32 Å². The van der Waals surface area contributed by atoms with Gasteiger partial charge < -0.3 is 10.4 Å². The molecule has 0 aromatic heterocycles. The largest absolute Gasteiger partial charge is 0.392 e. The Morgan fingerprint density at radius 3 is 2.50 bits per heavy atom. The van der Waals surface area contributed by atoms with Crippen LogP contribution in [-0.2, 0) is 0 Å². The molecule has 1 amide bonds. The van der Waals surface area contributed by atoms with E-state index in [0.717, 1.165) is 5.56 Å². The fraction of sp³-hybridized carbons (Fsp3) is 0.364. The topological polar surface area (TPSA) is 49.3 Å². The highest BCUT2D eigenvalue weighted by Crippen LogP contribution is 2.02. The van der Waals surface area contributed by atoms with Crippen molar-refractivity contribution in [2.45, 2.75) is 20.0 Å². The molecule has 76 valence electrons. The summed E-state index contributed by atoms with van der Waals surface area (Å²) in [4.78, 5) is 11.4. The van der Waals surface area contributed by atoms with Crippen LogP contribution in [0.25, 0.3) is 0 Å². The minimum Gasteiger partial charge on any atom is -0.392 e. The lowest BCUT2D eigenvalue weighted by atomic mass is 10.1. The van der Waals surface area contributed by atoms with Gasteiger partial charge in [0.05, 0.1) is 6.10 Å². The molecule has 14 heavy (non-hydrogen) atoms. The predicted octanol–water partition coefficient (Wildman–Crippen LogP) is 1.11. The molecule has 0 saturated heterocycles. The van der Waals surface area contributed by atoms with E-state index in [4.69, 9.17) is 5.11 Å². The maximum absolute atomic E-state index is 11.4. The first-order valence-corrected chi connectivity index (χ1v) is 4.62. The van der Waals surface area contributed by atoms with E-state index < -0.39 is 6.10 Å². The Kier molecular flexibility index (Phi) is 3.65. The maximum atomic E-state index is 11.4. The maximum Gasteiger partial charge on any atom is 0.251 e. The smallest absolute Gasteiger partial charge is 0.251 e. The summed E-state index contributed by atoms with van der Waals surface area (Å²) in [5.74, 6) is -0.147. The van der Waals surface area contributed by atoms with Crippen LogP contribution in [0, 0.1) is 6.92 Å². The average Bonchev–Trinajstić information content (AvgIpc) is 2.15. The van der Waals surface area contributed by atoms with Crippen molar-refractivity contribution < 1.29 is 9.90 Å². The first-order valence-electron chi connectivity index (χ1n) is 4.62. The first kappa shape index (κ1) is 10.7. The molecule has 1 atom stereocenters. The van der Waals surface area contributed by atoms with Gasteiger partial charge in [-0.15, -0.1) is 0 Å². The molecule has 1 rings (SSSR count). The first-order chi connectivity index (χ1) is 6.59. The number of hydrogen-bond donors (Lipinski definition) is 2. The zero-order valence-electron chi connectivity index (χ0n) is 8.45. The summed E-state index contributed by atoms with van der Waals surface area (Å²) in [7, 11) is 0. The van der Waals surface area contributed by atoms with E-state index in [-0.39, 0.29) is 12.5 Å². The van der Waals surface area contributed by atoms with E-state index in [1.54, 1.807) is 19.1 Å². The van der Waals surface area contributed by atoms with Crippen LogP contribution in [-0.4, -0.2) is 23.7 Å². The third-order valence-electron chi connectivity index (χ3n) is 1.87. The van der Waals surface area contributed by atoms with Crippen molar-refractivity contribution >= 4 is 5.91 Å². The highest BCUT2D eigenvalue weighted by Gasteiger charge is 2.04. The van der Waals surface area contributed by atoms with Gasteiger partial charge in [-0.3, -0.25) is 4.79 Å². The van der Waals surface area contributed by atoms with Crippen LogP contribution in [0.15, 0.2) is 24.3 Å². The molecular formula is C11H15NO2. The van der Waals surface area contributed by atoms with Crippen LogP contribution in [0.2, 0.25) is 0 Å². The Morgan fingerprint density at radius 2 is 2.00 bits per heavy atom. The Hall–Kier alpha value is -1.35. The normalized spacial score (nSPS) is 12.2. The lowest BCUT2D eigenvalue weighted by Gasteiger charge is -2.06. The lowest BCUT2D eigenvalue weighted by Crippen LogP contribution is -2.30. The highest BCUT2D eigenvalue weighted by molar-refractivity contribution is 5.94. The predicted molar refractivity (Wildman–Crippen MR) is 55.2 cm³/mol. The molecule has 3 heteroatoms. The summed E-state index contributed by atoms with van der Waals surface area (Å²) >= 11 is 0. The molecule has 1 aromatic rings. The van der Waals surface area contributed by atoms with E-state index in [0.29, 0.717) is 5.56 Å². The van der Waals surface area contributed by atoms with E-state index >= 15 is 0 Å². The number of aliphatic hydroxyl groups is 1. The lowest BCUT2D eigenvalue weighted by molar-refractivity contribution is 0.0924. The van der Waals surface area contributed by atoms with E-state index in [9.17, 15) is 4.79 Å². The van der Waals surface area contributed by atoms with Gasteiger partial charge in [-0.25, -0.2) is 0 Å². The number of amides is 1. The number of benzene rings is 1. The monoisotopic (exact) mass is 193 g/mol. The third kappa shape index (κ3) is 3.18. The van der Waals surface area contributed by atoms with Gasteiger partial charge in [0.15, 0.2) is 0 Å². The molecule has 0 aliphatic rings. The molecule has 0 radical (unpaired) electrons. The molecule has 0 aliphatic carbocycles. The minimum atomic E-state index is -0.510. The van der Waals surface area contributed by atoms with Crippen molar-refractivity contribution in [3.63, 3.8) is 0 Å². The minimum absolute atomic E-state index is 0.147. The van der Waals surface area contributed by atoms with Crippen molar-refractivity contribution in [2.24, 2.45) is 0 Å². The van der Waals surface area contributed by atoms with Gasteiger partial charge in [0.2, 0.25) is 0 Å². The molecule has 2 N–H and O–H groups in total. The van der Waals surface area contributed by atoms with Crippen molar-refractivity contribution in [1.29, 1.82) is 0 Å². The molecule has 0 aliphatic heterocycles. The van der Waals surface area contributed by atoms with Crippen LogP contribution < -0.4 is 5.32 Å². The number of rotatable bonds is 3. The summed E-state index contributed by atoms with van der Waals surface area (Å²) in [5, 5.41) is 11.6. The van der Waals surface area contributed by atoms with Crippen molar-refractivity contribution in [1.82, 2.24) is 5.32 Å². The van der Waals surface area contributed by atoms with Gasteiger partial charge in [-0.1, -0.05) is 17.7 Å². The molecule has 0 bridgehead atoms. The zero-order valence-corrected chi connectivity index (χ0v) is 8.45. The highest BCUT2D eigenvalue weighted by atomic mass is 16.3. The second-order valence-corrected chi connectivity index (χ2v) is 3.43. The number of nitrogens with one attached hydrogen (secondary N) is 1. The van der Waals surface area contributed by atoms with Crippen LogP contribution >= 0.6 is 0 Å². The molecule has 1 unspecified atom stereocenters. The third-order valence-corrected chi connectivity index (χ3v) is 1.87. The molecule has 0 fully saturated rings. The number of hydrogen-bond acceptors (Lipinski definition) is 2. The molecule has 0 heterocycles. The Labute approximate surface area is 83.8 Å². The number of aryl methyl sites for hydroxylation is 1. The van der Waals surface area contributed by atoms with Crippen LogP contribution in [0.4, 0.5) is 0 Å². The molecular weight excluding hydrogens is 178 g/mol. The molecule has 0 saturated carbocycles. The van der Waals surface area contributed by atoms with Gasteiger partial charge in [-0.2, -0.15) is 0 Å². The molecule has 1 aromatic carbocycles. The second kappa shape index (κ2) is 4.77. The summed E-state index contributed by atoms with van der Waals surface area (Å²) in [6.07, 6.45) is -0.510. The van der Waals surface area contributed by atoms with Gasteiger partial charge in [0.1, 0.15) is 0 Å². The Morgan fingerprint density at radius 1 is 1.43 bits per heavy atom. The van der Waals surface area contributed by atoms with Crippen LogP contribution in [0.5, 0.6) is 0 Å². The average molecular weight is 193 g/mol. The SMILES string of the molecule is Cc1ccc(C(=O)NCC(C)O)cc1. The fourth-order valence-electron chi connectivity index (χ4n) is 1.05. The van der Waals surface area contributed by atoms with Crippen LogP contribution in [0.3, 0.4) is 0 Å². The van der Waals surface area contributed by atoms with Gasteiger partial charge in [-0.05, 0) is 26.0 Å². The number of carbonyl (C=O) groups is 1. The zero-order chi connectivity index (χ0) is 10.6. The van der Waals surface area contributed by atoms with E-state index in [1.165, 1.54) is 0 Å². The number of carbonyl (C=O) groups excluding carboxylic acids is 1. The Bertz CT molecular complexity index is 304. The second-order valence-electron chi connectivity index (χ2n) is 3.43. The summed E-state index contributed by atoms with van der Waals surface area (Å²) in [6, 6.07) is 7.31. The van der Waals surface area contributed by atoms with Gasteiger partial charge in [0, 0.05) is 12.1 Å². The van der Waals surface area contributed by atoms with E-state index in [1.807, 2.05) is 19.1 Å². The summed E-state index contributed by atoms with van der Waals surface area (Å²) in [6.45, 7) is 3.89. The van der Waals surface area contributed by atoms with Gasteiger partial charge in [0.25, 0.3) is 5.91 Å². The van der Waals surface area contributed by atoms with Crippen molar-refractivity contribution in [3.8, 4) is 0 Å². The fourth-order valence-corrected chi connectivity index (χ4v) is 1.05. The van der Waals surface area contributed by atoms with Crippen LogP contribution in [0.1, 0.15) is 22.8 Å².